The summed E-state index contributed by atoms with van der Waals surface area (Å²) in [7, 11) is 1.27. The maximum atomic E-state index is 13.0. The van der Waals surface area contributed by atoms with E-state index in [2.05, 4.69) is 15.5 Å². The molecule has 2 aromatic heterocycles. The number of carbonyl (C=O) groups excluding carboxylic acids is 2. The van der Waals surface area contributed by atoms with E-state index in [1.54, 1.807) is 24.5 Å². The number of carboxylic acid groups (broad SMARTS) is 2. The van der Waals surface area contributed by atoms with Crippen LogP contribution in [0.4, 0.5) is 5.13 Å². The van der Waals surface area contributed by atoms with Gasteiger partial charge in [0.1, 0.15) is 29.9 Å². The van der Waals surface area contributed by atoms with Gasteiger partial charge in [-0.3, -0.25) is 14.5 Å². The van der Waals surface area contributed by atoms with E-state index < -0.39 is 35.2 Å². The summed E-state index contributed by atoms with van der Waals surface area (Å²) < 4.78 is 1.51. The van der Waals surface area contributed by atoms with Crippen molar-refractivity contribution in [3.8, 4) is 0 Å². The highest BCUT2D eigenvalue weighted by Crippen LogP contribution is 2.41. The van der Waals surface area contributed by atoms with Gasteiger partial charge in [-0.2, -0.15) is 4.57 Å². The highest BCUT2D eigenvalue weighted by atomic mass is 32.2. The lowest BCUT2D eigenvalue weighted by molar-refractivity contribution is -0.686. The Kier molecular flexibility index (Phi) is 7.99. The van der Waals surface area contributed by atoms with Crippen LogP contribution in [0.1, 0.15) is 5.69 Å². The summed E-state index contributed by atoms with van der Waals surface area (Å²) in [6.45, 7) is -0.164. The van der Waals surface area contributed by atoms with Crippen LogP contribution >= 0.6 is 34.9 Å². The van der Waals surface area contributed by atoms with E-state index in [4.69, 9.17) is 15.7 Å². The molecule has 2 aliphatic rings. The number of nitrogen functional groups attached to an aromatic ring is 1. The van der Waals surface area contributed by atoms with Crippen molar-refractivity contribution in [2.45, 2.75) is 22.9 Å². The number of amides is 2. The van der Waals surface area contributed by atoms with Crippen LogP contribution < -0.4 is 15.6 Å². The van der Waals surface area contributed by atoms with Crippen molar-refractivity contribution in [3.63, 3.8) is 0 Å². The fourth-order valence-corrected chi connectivity index (χ4v) is 6.58. The number of hydrogen-bond donors (Lipinski definition) is 4. The number of carboxylic acids is 2. The average molecular weight is 566 g/mol. The molecule has 0 aromatic carbocycles. The Hall–Kier alpha value is -3.63. The second kappa shape index (κ2) is 11.2. The molecule has 0 spiro atoms. The van der Waals surface area contributed by atoms with Gasteiger partial charge in [-0.25, -0.2) is 14.6 Å². The Labute approximate surface area is 222 Å². The van der Waals surface area contributed by atoms with Crippen LogP contribution in [-0.2, 0) is 30.6 Å². The first-order valence-electron chi connectivity index (χ1n) is 10.6. The summed E-state index contributed by atoms with van der Waals surface area (Å²) in [4.78, 5) is 59.5. The molecule has 1 fully saturated rings. The van der Waals surface area contributed by atoms with Crippen LogP contribution in [0, 0.1) is 0 Å². The number of β-lactam (4-membered cyclic amide) rings is 1. The number of aliphatic carboxylic acids is 2. The number of nitrogens with zero attached hydrogens (tertiary/aromatic N) is 4. The van der Waals surface area contributed by atoms with Crippen LogP contribution in [0.25, 0.3) is 0 Å². The van der Waals surface area contributed by atoms with Gasteiger partial charge in [-0.05, 0) is 5.57 Å². The van der Waals surface area contributed by atoms with Crippen molar-refractivity contribution in [1.29, 1.82) is 0 Å². The number of nitrogens with one attached hydrogen (secondary N) is 1. The zero-order chi connectivity index (χ0) is 26.7. The maximum absolute atomic E-state index is 13.0. The van der Waals surface area contributed by atoms with Crippen molar-refractivity contribution >= 4 is 69.5 Å². The Bertz CT molecular complexity index is 1310. The van der Waals surface area contributed by atoms with Gasteiger partial charge in [0.2, 0.25) is 6.54 Å². The molecule has 16 heteroatoms. The molecule has 4 heterocycles. The molecule has 0 bridgehead atoms. The molecule has 2 atom stereocenters. The van der Waals surface area contributed by atoms with Gasteiger partial charge in [0, 0.05) is 33.9 Å². The van der Waals surface area contributed by atoms with Crippen molar-refractivity contribution in [2.75, 3.05) is 24.3 Å². The first kappa shape index (κ1) is 26.4. The summed E-state index contributed by atoms with van der Waals surface area (Å²) in [6.07, 6.45) is 3.25. The summed E-state index contributed by atoms with van der Waals surface area (Å²) in [5, 5.41) is 26.2. The van der Waals surface area contributed by atoms with E-state index in [9.17, 15) is 24.3 Å². The van der Waals surface area contributed by atoms with Gasteiger partial charge in [0.25, 0.3) is 11.8 Å². The Morgan fingerprint density at radius 1 is 1.35 bits per heavy atom. The lowest BCUT2D eigenvalue weighted by Crippen LogP contribution is -2.71. The van der Waals surface area contributed by atoms with Gasteiger partial charge < -0.3 is 26.1 Å². The molecule has 4 rings (SSSR count). The van der Waals surface area contributed by atoms with Crippen molar-refractivity contribution < 1.29 is 38.8 Å². The summed E-state index contributed by atoms with van der Waals surface area (Å²) >= 11 is 3.84. The smallest absolute Gasteiger partial charge is 0.370 e. The number of hydrogen-bond acceptors (Lipinski definition) is 11. The lowest BCUT2D eigenvalue weighted by Gasteiger charge is -2.49. The van der Waals surface area contributed by atoms with Gasteiger partial charge in [0.15, 0.2) is 23.2 Å². The van der Waals surface area contributed by atoms with Crippen LogP contribution in [0.15, 0.2) is 51.2 Å². The van der Waals surface area contributed by atoms with Gasteiger partial charge in [0.05, 0.1) is 0 Å². The molecular weight excluding hydrogens is 544 g/mol. The van der Waals surface area contributed by atoms with E-state index in [0.717, 1.165) is 16.2 Å². The number of oxime groups is 1. The SMILES string of the molecule is CO/N=C(\C(=O)N[C@@H]1C(=O)N2C(C(=O)O)=C(CSc3cc[n+](CC(=O)O)cc3)CS[C@H]12)c1csc(N)n1. The van der Waals surface area contributed by atoms with Crippen LogP contribution in [0.5, 0.6) is 0 Å². The fourth-order valence-electron chi connectivity index (χ4n) is 3.67. The van der Waals surface area contributed by atoms with Gasteiger partial charge in [-0.15, -0.1) is 34.9 Å². The van der Waals surface area contributed by atoms with E-state index in [1.807, 2.05) is 0 Å². The zero-order valence-electron chi connectivity index (χ0n) is 19.2. The number of thiazole rings is 1. The third kappa shape index (κ3) is 5.70. The first-order valence-corrected chi connectivity index (χ1v) is 13.5. The molecule has 2 aliphatic heterocycles. The molecular formula is C21H21N6O7S3+. The van der Waals surface area contributed by atoms with E-state index in [1.165, 1.54) is 45.5 Å². The highest BCUT2D eigenvalue weighted by molar-refractivity contribution is 8.01. The quantitative estimate of drug-likeness (QED) is 0.0996. The largest absolute Gasteiger partial charge is 0.477 e. The van der Waals surface area contributed by atoms with Crippen LogP contribution in [0.2, 0.25) is 0 Å². The standard InChI is InChI=1S/C21H20N6O7S3/c1-34-25-14(12-9-37-21(22)23-12)17(30)24-15-18(31)27-16(20(32)33)10(8-36-19(15)27)7-35-11-2-4-26(5-3-11)6-13(28)29/h2-5,9,15,19H,6-8H2,1H3,(H4-,22,23,24,28,29,30,32,33)/p+1/b25-14-/t15-,19-/m1/s1. The zero-order valence-corrected chi connectivity index (χ0v) is 21.6. The van der Waals surface area contributed by atoms with E-state index in [-0.39, 0.29) is 28.8 Å². The molecule has 0 radical (unpaired) electrons. The number of pyridine rings is 1. The summed E-state index contributed by atoms with van der Waals surface area (Å²) in [5.74, 6) is -2.76. The number of nitrogens with two attached hydrogens (primary N) is 1. The van der Waals surface area contributed by atoms with Crippen LogP contribution in [0.3, 0.4) is 0 Å². The normalized spacial score (nSPS) is 19.2. The second-order valence-corrected chi connectivity index (χ2v) is 10.7. The molecule has 13 nitrogen and oxygen atoms in total. The Morgan fingerprint density at radius 2 is 2.08 bits per heavy atom. The molecule has 37 heavy (non-hydrogen) atoms. The van der Waals surface area contributed by atoms with Crippen LogP contribution in [-0.4, -0.2) is 79.6 Å². The minimum absolute atomic E-state index is 0.0957. The van der Waals surface area contributed by atoms with Crippen molar-refractivity contribution in [1.82, 2.24) is 15.2 Å². The molecule has 194 valence electrons. The predicted molar refractivity (Wildman–Crippen MR) is 135 cm³/mol. The first-order chi connectivity index (χ1) is 17.7. The molecule has 1 saturated heterocycles. The van der Waals surface area contributed by atoms with Crippen molar-refractivity contribution in [2.24, 2.45) is 5.16 Å². The van der Waals surface area contributed by atoms with E-state index in [0.29, 0.717) is 17.1 Å². The molecule has 0 aliphatic carbocycles. The monoisotopic (exact) mass is 565 g/mol. The number of anilines is 1. The van der Waals surface area contributed by atoms with Gasteiger partial charge >= 0.3 is 11.9 Å². The average Bonchev–Trinajstić information content (AvgIpc) is 3.29. The minimum atomic E-state index is -1.23. The Balaban J connectivity index is 1.45. The number of fused-ring (bicyclic) bond motifs is 1. The molecule has 0 saturated carbocycles. The minimum Gasteiger partial charge on any atom is -0.477 e. The molecule has 2 amide bonds. The fraction of sp³-hybridized carbons (Fsp3) is 0.286. The number of thioether (sulfide) groups is 2. The number of carbonyl (C=O) groups is 4. The molecule has 2 aromatic rings. The van der Waals surface area contributed by atoms with Crippen molar-refractivity contribution in [3.05, 3.63) is 46.9 Å². The number of rotatable bonds is 10. The lowest BCUT2D eigenvalue weighted by atomic mass is 10.0. The maximum Gasteiger partial charge on any atom is 0.370 e. The molecule has 0 unspecified atom stereocenters. The van der Waals surface area contributed by atoms with Gasteiger partial charge in [-0.1, -0.05) is 5.16 Å². The molecule has 5 N–H and O–H groups in total. The third-order valence-corrected chi connectivity index (χ3v) is 8.40. The van der Waals surface area contributed by atoms with E-state index >= 15 is 0 Å². The highest BCUT2D eigenvalue weighted by Gasteiger charge is 2.54. The topological polar surface area (TPSA) is 188 Å². The Morgan fingerprint density at radius 3 is 2.68 bits per heavy atom. The second-order valence-electron chi connectivity index (χ2n) is 7.70. The third-order valence-electron chi connectivity index (χ3n) is 5.29. The number of aromatic nitrogens is 2. The summed E-state index contributed by atoms with van der Waals surface area (Å²) in [5.41, 5.74) is 6.15. The predicted octanol–water partition coefficient (Wildman–Crippen LogP) is -0.0212. The summed E-state index contributed by atoms with van der Waals surface area (Å²) in [6, 6.07) is 2.53.